The molecule has 0 spiro atoms. The van der Waals surface area contributed by atoms with Crippen molar-refractivity contribution in [2.45, 2.75) is 32.2 Å². The van der Waals surface area contributed by atoms with Crippen molar-refractivity contribution in [1.29, 1.82) is 0 Å². The van der Waals surface area contributed by atoms with Gasteiger partial charge < -0.3 is 14.8 Å². The van der Waals surface area contributed by atoms with Gasteiger partial charge in [0.05, 0.1) is 13.2 Å². The zero-order valence-corrected chi connectivity index (χ0v) is 11.3. The number of nitrogens with one attached hydrogen (secondary N) is 1. The van der Waals surface area contributed by atoms with Crippen LogP contribution in [0.5, 0.6) is 11.5 Å². The summed E-state index contributed by atoms with van der Waals surface area (Å²) in [7, 11) is 3.66. The molecule has 0 aliphatic carbocycles. The molecule has 1 atom stereocenters. The first-order valence-electron chi connectivity index (χ1n) is 6.00. The molecule has 0 saturated heterocycles. The van der Waals surface area contributed by atoms with Gasteiger partial charge in [0, 0.05) is 11.1 Å². The van der Waals surface area contributed by atoms with E-state index in [4.69, 9.17) is 9.47 Å². The first-order valence-corrected chi connectivity index (χ1v) is 6.00. The van der Waals surface area contributed by atoms with Crippen molar-refractivity contribution in [2.75, 3.05) is 20.8 Å². The Morgan fingerprint density at radius 1 is 1.35 bits per heavy atom. The van der Waals surface area contributed by atoms with Gasteiger partial charge in [0.25, 0.3) is 0 Å². The molecular formula is C14H21NO2. The molecule has 0 amide bonds. The number of hydrogen-bond acceptors (Lipinski definition) is 3. The molecular weight excluding hydrogens is 214 g/mol. The standard InChI is InChI=1S/C14H21NO2/c1-14(2,3)11-7-9(16-5)6-10-12(15-4)8-17-13(10)11/h6-7,12,15H,8H2,1-5H3. The number of fused-ring (bicyclic) bond motifs is 1. The number of benzene rings is 1. The van der Waals surface area contributed by atoms with Crippen LogP contribution in [0.3, 0.4) is 0 Å². The van der Waals surface area contributed by atoms with Crippen LogP contribution in [0.25, 0.3) is 0 Å². The maximum atomic E-state index is 5.84. The van der Waals surface area contributed by atoms with E-state index in [2.05, 4.69) is 38.2 Å². The fraction of sp³-hybridized carbons (Fsp3) is 0.571. The van der Waals surface area contributed by atoms with Crippen molar-refractivity contribution in [3.63, 3.8) is 0 Å². The highest BCUT2D eigenvalue weighted by Crippen LogP contribution is 2.43. The molecule has 17 heavy (non-hydrogen) atoms. The summed E-state index contributed by atoms with van der Waals surface area (Å²) in [6, 6.07) is 4.41. The van der Waals surface area contributed by atoms with E-state index in [-0.39, 0.29) is 11.5 Å². The van der Waals surface area contributed by atoms with Crippen LogP contribution in [-0.2, 0) is 5.41 Å². The lowest BCUT2D eigenvalue weighted by Gasteiger charge is -2.22. The summed E-state index contributed by atoms with van der Waals surface area (Å²) >= 11 is 0. The molecule has 1 aromatic carbocycles. The van der Waals surface area contributed by atoms with Crippen molar-refractivity contribution in [3.05, 3.63) is 23.3 Å². The molecule has 1 N–H and O–H groups in total. The van der Waals surface area contributed by atoms with Crippen molar-refractivity contribution in [2.24, 2.45) is 0 Å². The molecule has 0 fully saturated rings. The van der Waals surface area contributed by atoms with Gasteiger partial charge in [-0.1, -0.05) is 20.8 Å². The van der Waals surface area contributed by atoms with E-state index in [1.54, 1.807) is 7.11 Å². The van der Waals surface area contributed by atoms with Crippen LogP contribution in [-0.4, -0.2) is 20.8 Å². The predicted octanol–water partition coefficient (Wildman–Crippen LogP) is 2.65. The van der Waals surface area contributed by atoms with Crippen molar-refractivity contribution >= 4 is 0 Å². The van der Waals surface area contributed by atoms with Crippen LogP contribution in [0.2, 0.25) is 0 Å². The zero-order valence-electron chi connectivity index (χ0n) is 11.3. The summed E-state index contributed by atoms with van der Waals surface area (Å²) < 4.78 is 11.2. The summed E-state index contributed by atoms with van der Waals surface area (Å²) in [6.45, 7) is 7.27. The quantitative estimate of drug-likeness (QED) is 0.855. The van der Waals surface area contributed by atoms with E-state index in [9.17, 15) is 0 Å². The highest BCUT2D eigenvalue weighted by molar-refractivity contribution is 5.53. The molecule has 0 aromatic heterocycles. The zero-order chi connectivity index (χ0) is 12.6. The molecule has 0 radical (unpaired) electrons. The van der Waals surface area contributed by atoms with Gasteiger partial charge in [0.1, 0.15) is 18.1 Å². The van der Waals surface area contributed by atoms with E-state index in [0.717, 1.165) is 11.5 Å². The van der Waals surface area contributed by atoms with Gasteiger partial charge in [0.15, 0.2) is 0 Å². The van der Waals surface area contributed by atoms with E-state index in [1.165, 1.54) is 11.1 Å². The predicted molar refractivity (Wildman–Crippen MR) is 69.0 cm³/mol. The minimum absolute atomic E-state index is 0.0568. The van der Waals surface area contributed by atoms with Crippen LogP contribution in [0, 0.1) is 0 Å². The van der Waals surface area contributed by atoms with E-state index in [1.807, 2.05) is 7.05 Å². The smallest absolute Gasteiger partial charge is 0.128 e. The Bertz CT molecular complexity index is 421. The lowest BCUT2D eigenvalue weighted by Crippen LogP contribution is -2.17. The van der Waals surface area contributed by atoms with Gasteiger partial charge in [-0.2, -0.15) is 0 Å². The first kappa shape index (κ1) is 12.2. The van der Waals surface area contributed by atoms with Crippen LogP contribution >= 0.6 is 0 Å². The van der Waals surface area contributed by atoms with Crippen LogP contribution in [0.1, 0.15) is 37.9 Å². The van der Waals surface area contributed by atoms with Crippen LogP contribution < -0.4 is 14.8 Å². The second kappa shape index (κ2) is 4.22. The minimum atomic E-state index is 0.0568. The number of rotatable bonds is 2. The lowest BCUT2D eigenvalue weighted by molar-refractivity contribution is 0.311. The number of likely N-dealkylation sites (N-methyl/N-ethyl adjacent to an activating group) is 1. The molecule has 94 valence electrons. The van der Waals surface area contributed by atoms with E-state index < -0.39 is 0 Å². The second-order valence-corrected chi connectivity index (χ2v) is 5.50. The molecule has 3 nitrogen and oxygen atoms in total. The summed E-state index contributed by atoms with van der Waals surface area (Å²) in [6.07, 6.45) is 0. The van der Waals surface area contributed by atoms with Gasteiger partial charge in [-0.05, 0) is 24.6 Å². The average molecular weight is 235 g/mol. The molecule has 2 rings (SSSR count). The SMILES string of the molecule is CNC1COc2c1cc(OC)cc2C(C)(C)C. The van der Waals surface area contributed by atoms with E-state index in [0.29, 0.717) is 6.61 Å². The van der Waals surface area contributed by atoms with Gasteiger partial charge >= 0.3 is 0 Å². The topological polar surface area (TPSA) is 30.5 Å². The lowest BCUT2D eigenvalue weighted by atomic mass is 9.84. The summed E-state index contributed by atoms with van der Waals surface area (Å²) in [5, 5.41) is 3.27. The third-order valence-electron chi connectivity index (χ3n) is 3.25. The first-order chi connectivity index (χ1) is 7.97. The number of ether oxygens (including phenoxy) is 2. The molecule has 1 unspecified atom stereocenters. The maximum absolute atomic E-state index is 5.84. The van der Waals surface area contributed by atoms with Crippen LogP contribution in [0.4, 0.5) is 0 Å². The van der Waals surface area contributed by atoms with Crippen LogP contribution in [0.15, 0.2) is 12.1 Å². The Morgan fingerprint density at radius 3 is 2.59 bits per heavy atom. The maximum Gasteiger partial charge on any atom is 0.128 e. The fourth-order valence-corrected chi connectivity index (χ4v) is 2.21. The number of hydrogen-bond donors (Lipinski definition) is 1. The largest absolute Gasteiger partial charge is 0.497 e. The Hall–Kier alpha value is -1.22. The molecule has 1 heterocycles. The fourth-order valence-electron chi connectivity index (χ4n) is 2.21. The molecule has 0 saturated carbocycles. The summed E-state index contributed by atoms with van der Waals surface area (Å²) in [5.41, 5.74) is 2.47. The third-order valence-corrected chi connectivity index (χ3v) is 3.25. The van der Waals surface area contributed by atoms with Gasteiger partial charge in [-0.25, -0.2) is 0 Å². The molecule has 1 aromatic rings. The Kier molecular flexibility index (Phi) is 3.04. The van der Waals surface area contributed by atoms with Crippen molar-refractivity contribution in [1.82, 2.24) is 5.32 Å². The average Bonchev–Trinajstić information content (AvgIpc) is 2.68. The molecule has 1 aliphatic heterocycles. The van der Waals surface area contributed by atoms with Crippen molar-refractivity contribution in [3.8, 4) is 11.5 Å². The molecule has 3 heteroatoms. The molecule has 1 aliphatic rings. The minimum Gasteiger partial charge on any atom is -0.497 e. The van der Waals surface area contributed by atoms with Gasteiger partial charge in [-0.3, -0.25) is 0 Å². The summed E-state index contributed by atoms with van der Waals surface area (Å²) in [4.78, 5) is 0. The highest BCUT2D eigenvalue weighted by Gasteiger charge is 2.30. The Morgan fingerprint density at radius 2 is 2.06 bits per heavy atom. The Labute approximate surface area is 103 Å². The monoisotopic (exact) mass is 235 g/mol. The van der Waals surface area contributed by atoms with Gasteiger partial charge in [-0.15, -0.1) is 0 Å². The Balaban J connectivity index is 2.58. The van der Waals surface area contributed by atoms with E-state index >= 15 is 0 Å². The second-order valence-electron chi connectivity index (χ2n) is 5.50. The van der Waals surface area contributed by atoms with Gasteiger partial charge in [0.2, 0.25) is 0 Å². The normalized spacial score (nSPS) is 18.8. The molecule has 0 bridgehead atoms. The summed E-state index contributed by atoms with van der Waals surface area (Å²) in [5.74, 6) is 1.93. The highest BCUT2D eigenvalue weighted by atomic mass is 16.5. The van der Waals surface area contributed by atoms with Crippen molar-refractivity contribution < 1.29 is 9.47 Å². The number of methoxy groups -OCH3 is 1. The third kappa shape index (κ3) is 2.12.